The third kappa shape index (κ3) is 3.30. The molecule has 0 aliphatic carbocycles. The van der Waals surface area contributed by atoms with Gasteiger partial charge in [-0.3, -0.25) is 4.79 Å². The van der Waals surface area contributed by atoms with E-state index in [1.165, 1.54) is 0 Å². The van der Waals surface area contributed by atoms with Gasteiger partial charge in [0.25, 0.3) is 0 Å². The lowest BCUT2D eigenvalue weighted by Crippen LogP contribution is -2.41. The molecule has 1 unspecified atom stereocenters. The van der Waals surface area contributed by atoms with Crippen LogP contribution in [0.5, 0.6) is 0 Å². The van der Waals surface area contributed by atoms with Gasteiger partial charge in [-0.1, -0.05) is 20.8 Å². The number of pyridine rings is 1. The largest absolute Gasteiger partial charge is 0.480 e. The number of carboxylic acids is 1. The highest BCUT2D eigenvalue weighted by molar-refractivity contribution is 5.78. The van der Waals surface area contributed by atoms with E-state index in [9.17, 15) is 14.0 Å². The van der Waals surface area contributed by atoms with Gasteiger partial charge in [0.2, 0.25) is 5.56 Å². The van der Waals surface area contributed by atoms with E-state index in [1.54, 1.807) is 20.8 Å². The number of anilines is 1. The maximum atomic E-state index is 13.4. The van der Waals surface area contributed by atoms with Crippen molar-refractivity contribution in [2.45, 2.75) is 26.8 Å². The number of rotatable bonds is 3. The lowest BCUT2D eigenvalue weighted by molar-refractivity contribution is -0.140. The first-order valence-electron chi connectivity index (χ1n) is 5.09. The lowest BCUT2D eigenvalue weighted by atomic mass is 9.86. The van der Waals surface area contributed by atoms with Gasteiger partial charge < -0.3 is 15.4 Å². The number of aromatic nitrogens is 1. The van der Waals surface area contributed by atoms with E-state index in [4.69, 9.17) is 5.11 Å². The van der Waals surface area contributed by atoms with Gasteiger partial charge in [0.15, 0.2) is 5.82 Å². The van der Waals surface area contributed by atoms with E-state index in [0.717, 1.165) is 12.3 Å². The molecular weight excluding hydrogens is 227 g/mol. The van der Waals surface area contributed by atoms with Gasteiger partial charge in [-0.2, -0.15) is 0 Å². The van der Waals surface area contributed by atoms with E-state index in [1.807, 2.05) is 0 Å². The zero-order valence-corrected chi connectivity index (χ0v) is 9.87. The summed E-state index contributed by atoms with van der Waals surface area (Å²) in [5, 5.41) is 11.6. The molecule has 0 aromatic carbocycles. The van der Waals surface area contributed by atoms with E-state index < -0.39 is 28.8 Å². The fraction of sp³-hybridized carbons (Fsp3) is 0.455. The van der Waals surface area contributed by atoms with Crippen molar-refractivity contribution >= 4 is 11.7 Å². The number of aliphatic carboxylic acids is 1. The zero-order chi connectivity index (χ0) is 13.2. The van der Waals surface area contributed by atoms with Crippen LogP contribution in [0.3, 0.4) is 0 Å². The molecule has 17 heavy (non-hydrogen) atoms. The Morgan fingerprint density at radius 3 is 2.59 bits per heavy atom. The molecule has 1 aromatic rings. The van der Waals surface area contributed by atoms with E-state index >= 15 is 0 Å². The summed E-state index contributed by atoms with van der Waals surface area (Å²) < 4.78 is 13.4. The Morgan fingerprint density at radius 2 is 2.12 bits per heavy atom. The lowest BCUT2D eigenvalue weighted by Gasteiger charge is -2.28. The van der Waals surface area contributed by atoms with Crippen LogP contribution in [0.4, 0.5) is 10.1 Å². The molecule has 6 heteroatoms. The van der Waals surface area contributed by atoms with Gasteiger partial charge in [-0.05, 0) is 5.41 Å². The number of aromatic amines is 1. The number of hydrogen-bond donors (Lipinski definition) is 3. The van der Waals surface area contributed by atoms with Gasteiger partial charge >= 0.3 is 5.97 Å². The van der Waals surface area contributed by atoms with E-state index in [-0.39, 0.29) is 5.69 Å². The van der Waals surface area contributed by atoms with Crippen molar-refractivity contribution in [3.05, 3.63) is 28.4 Å². The van der Waals surface area contributed by atoms with Crippen molar-refractivity contribution in [1.82, 2.24) is 4.98 Å². The Kier molecular flexibility index (Phi) is 3.55. The first kappa shape index (κ1) is 13.2. The minimum absolute atomic E-state index is 0.115. The highest BCUT2D eigenvalue weighted by Crippen LogP contribution is 2.23. The monoisotopic (exact) mass is 242 g/mol. The molecule has 3 N–H and O–H groups in total. The van der Waals surface area contributed by atoms with Crippen LogP contribution in [0.25, 0.3) is 0 Å². The molecule has 5 nitrogen and oxygen atoms in total. The van der Waals surface area contributed by atoms with Crippen molar-refractivity contribution in [3.63, 3.8) is 0 Å². The molecule has 0 bridgehead atoms. The molecule has 0 spiro atoms. The van der Waals surface area contributed by atoms with Crippen LogP contribution >= 0.6 is 0 Å². The molecule has 0 saturated heterocycles. The summed E-state index contributed by atoms with van der Waals surface area (Å²) in [7, 11) is 0. The predicted octanol–water partition coefficient (Wildman–Crippen LogP) is 1.43. The van der Waals surface area contributed by atoms with Crippen LogP contribution < -0.4 is 10.9 Å². The highest BCUT2D eigenvalue weighted by Gasteiger charge is 2.31. The average molecular weight is 242 g/mol. The average Bonchev–Trinajstić information content (AvgIpc) is 2.17. The quantitative estimate of drug-likeness (QED) is 0.748. The predicted molar refractivity (Wildman–Crippen MR) is 61.5 cm³/mol. The summed E-state index contributed by atoms with van der Waals surface area (Å²) >= 11 is 0. The van der Waals surface area contributed by atoms with Crippen LogP contribution in [0.1, 0.15) is 20.8 Å². The SMILES string of the molecule is CC(C)(C)C(Nc1cc(=O)[nH]cc1F)C(=O)O. The minimum atomic E-state index is -1.10. The summed E-state index contributed by atoms with van der Waals surface area (Å²) in [6.07, 6.45) is 0.895. The highest BCUT2D eigenvalue weighted by atomic mass is 19.1. The van der Waals surface area contributed by atoms with Gasteiger partial charge in [-0.15, -0.1) is 0 Å². The third-order valence-electron chi connectivity index (χ3n) is 2.29. The Labute approximate surface area is 97.7 Å². The molecule has 0 aliphatic rings. The first-order valence-corrected chi connectivity index (χ1v) is 5.09. The molecular formula is C11H15FN2O3. The molecule has 0 fully saturated rings. The van der Waals surface area contributed by atoms with Crippen molar-refractivity contribution < 1.29 is 14.3 Å². The van der Waals surface area contributed by atoms with Crippen LogP contribution in [0.2, 0.25) is 0 Å². The van der Waals surface area contributed by atoms with E-state index in [2.05, 4.69) is 10.3 Å². The van der Waals surface area contributed by atoms with Gasteiger partial charge in [-0.25, -0.2) is 9.18 Å². The summed E-state index contributed by atoms with van der Waals surface area (Å²) in [6.45, 7) is 5.14. The van der Waals surface area contributed by atoms with Gasteiger partial charge in [0.1, 0.15) is 6.04 Å². The molecule has 0 aliphatic heterocycles. The van der Waals surface area contributed by atoms with Crippen LogP contribution in [0, 0.1) is 11.2 Å². The number of nitrogens with one attached hydrogen (secondary N) is 2. The molecule has 1 rings (SSSR count). The summed E-state index contributed by atoms with van der Waals surface area (Å²) in [6, 6.07) is 0.00981. The number of hydrogen-bond acceptors (Lipinski definition) is 3. The van der Waals surface area contributed by atoms with Crippen molar-refractivity contribution in [1.29, 1.82) is 0 Å². The molecule has 0 radical (unpaired) electrons. The Morgan fingerprint density at radius 1 is 1.53 bits per heavy atom. The molecule has 1 atom stereocenters. The molecule has 1 aromatic heterocycles. The second-order valence-electron chi connectivity index (χ2n) is 4.84. The van der Waals surface area contributed by atoms with E-state index in [0.29, 0.717) is 0 Å². The summed E-state index contributed by atoms with van der Waals surface area (Å²) in [5.41, 5.74) is -1.22. The van der Waals surface area contributed by atoms with Gasteiger partial charge in [0, 0.05) is 12.3 Å². The second-order valence-corrected chi connectivity index (χ2v) is 4.84. The molecule has 0 saturated carbocycles. The molecule has 94 valence electrons. The second kappa shape index (κ2) is 4.57. The zero-order valence-electron chi connectivity index (χ0n) is 9.87. The fourth-order valence-electron chi connectivity index (χ4n) is 1.37. The maximum Gasteiger partial charge on any atom is 0.326 e. The van der Waals surface area contributed by atoms with Gasteiger partial charge in [0.05, 0.1) is 5.69 Å². The number of H-pyrrole nitrogens is 1. The van der Waals surface area contributed by atoms with Crippen LogP contribution in [0.15, 0.2) is 17.1 Å². The number of halogens is 1. The summed E-state index contributed by atoms with van der Waals surface area (Å²) in [4.78, 5) is 24.3. The topological polar surface area (TPSA) is 82.2 Å². The van der Waals surface area contributed by atoms with Crippen LogP contribution in [-0.2, 0) is 4.79 Å². The van der Waals surface area contributed by atoms with Crippen LogP contribution in [-0.4, -0.2) is 22.1 Å². The molecule has 1 heterocycles. The fourth-order valence-corrected chi connectivity index (χ4v) is 1.37. The molecule has 0 amide bonds. The number of carbonyl (C=O) groups is 1. The van der Waals surface area contributed by atoms with Crippen molar-refractivity contribution in [2.75, 3.05) is 5.32 Å². The smallest absolute Gasteiger partial charge is 0.326 e. The summed E-state index contributed by atoms with van der Waals surface area (Å²) in [5.74, 6) is -1.79. The Bertz CT molecular complexity index is 476. The Balaban J connectivity index is 3.06. The van der Waals surface area contributed by atoms with Crippen molar-refractivity contribution in [2.24, 2.45) is 5.41 Å². The first-order chi connectivity index (χ1) is 7.71. The normalized spacial score (nSPS) is 13.2. The Hall–Kier alpha value is -1.85. The standard InChI is InChI=1S/C11H15FN2O3/c1-11(2,3)9(10(16)17)14-7-4-8(15)13-5-6(7)12/h4-5,9H,1-3H3,(H,16,17)(H2,13,14,15). The minimum Gasteiger partial charge on any atom is -0.480 e. The maximum absolute atomic E-state index is 13.4. The van der Waals surface area contributed by atoms with Crippen molar-refractivity contribution in [3.8, 4) is 0 Å². The number of carboxylic acid groups (broad SMARTS) is 1. The third-order valence-corrected chi connectivity index (χ3v) is 2.29.